The summed E-state index contributed by atoms with van der Waals surface area (Å²) in [6, 6.07) is 17.9. The third kappa shape index (κ3) is 8.56. The predicted molar refractivity (Wildman–Crippen MR) is 147 cm³/mol. The Hall–Kier alpha value is -3.47. The largest absolute Gasteiger partial charge is 0.489 e. The number of anilines is 2. The maximum atomic E-state index is 11.3. The minimum atomic E-state index is -2.93. The van der Waals surface area contributed by atoms with Gasteiger partial charge in [0, 0.05) is 36.5 Å². The van der Waals surface area contributed by atoms with E-state index in [4.69, 9.17) is 4.74 Å². The van der Waals surface area contributed by atoms with E-state index in [1.807, 2.05) is 77.8 Å². The summed E-state index contributed by atoms with van der Waals surface area (Å²) >= 11 is 0. The number of sulfone groups is 1. The molecule has 0 bridgehead atoms. The lowest BCUT2D eigenvalue weighted by molar-refractivity contribution is 0.297. The van der Waals surface area contributed by atoms with Crippen molar-refractivity contribution in [2.75, 3.05) is 50.6 Å². The lowest BCUT2D eigenvalue weighted by atomic mass is 10.2. The first kappa shape index (κ1) is 26.6. The Morgan fingerprint density at radius 1 is 1.05 bits per heavy atom. The van der Waals surface area contributed by atoms with Crippen molar-refractivity contribution >= 4 is 33.6 Å². The van der Waals surface area contributed by atoms with Crippen LogP contribution in [0.2, 0.25) is 0 Å². The van der Waals surface area contributed by atoms with Crippen molar-refractivity contribution in [1.29, 1.82) is 0 Å². The van der Waals surface area contributed by atoms with Gasteiger partial charge in [0.1, 0.15) is 34.3 Å². The van der Waals surface area contributed by atoms with Gasteiger partial charge in [0.2, 0.25) is 0 Å². The molecule has 2 aromatic carbocycles. The number of hydrogen-bond donors (Lipinski definition) is 2. The second kappa shape index (κ2) is 12.7. The zero-order valence-corrected chi connectivity index (χ0v) is 22.1. The van der Waals surface area contributed by atoms with Crippen LogP contribution in [0.15, 0.2) is 60.9 Å². The Labute approximate surface area is 218 Å². The standard InChI is InChI=1S/C27H34N6O3S/c1-32(17-18-37(2,34)35)15-6-14-30-33-16-13-25-26(19-33)28-21-29-27(25)31-23-9-11-24(12-10-23)36-20-22-7-4-3-5-8-22/h3-5,7-13,19,21,30H,6,14-18,20H2,1-2H3,(H,28,29,31). The fourth-order valence-corrected chi connectivity index (χ4v) is 4.47. The summed E-state index contributed by atoms with van der Waals surface area (Å²) in [5, 5.41) is 7.20. The van der Waals surface area contributed by atoms with Crippen molar-refractivity contribution in [3.05, 3.63) is 77.1 Å². The van der Waals surface area contributed by atoms with Crippen LogP contribution in [0.3, 0.4) is 0 Å². The van der Waals surface area contributed by atoms with E-state index in [0.717, 1.165) is 52.9 Å². The van der Waals surface area contributed by atoms with Gasteiger partial charge in [0.15, 0.2) is 0 Å². The maximum absolute atomic E-state index is 11.3. The number of rotatable bonds is 13. The summed E-state index contributed by atoms with van der Waals surface area (Å²) in [6.07, 6.45) is 7.81. The first-order valence-electron chi connectivity index (χ1n) is 12.3. The molecule has 0 spiro atoms. The molecule has 10 heteroatoms. The summed E-state index contributed by atoms with van der Waals surface area (Å²) in [4.78, 5) is 10.9. The fraction of sp³-hybridized carbons (Fsp3) is 0.333. The summed E-state index contributed by atoms with van der Waals surface area (Å²) in [5.41, 5.74) is 5.44. The topological polar surface area (TPSA) is 99.7 Å². The number of fused-ring (bicyclic) bond motifs is 1. The highest BCUT2D eigenvalue weighted by Crippen LogP contribution is 2.18. The Morgan fingerprint density at radius 2 is 1.84 bits per heavy atom. The summed E-state index contributed by atoms with van der Waals surface area (Å²) in [7, 11) is -0.987. The van der Waals surface area contributed by atoms with E-state index in [9.17, 15) is 8.42 Å². The lowest BCUT2D eigenvalue weighted by Gasteiger charge is -2.23. The molecule has 0 amide bonds. The van der Waals surface area contributed by atoms with Crippen LogP contribution in [0, 0.1) is 0 Å². The Kier molecular flexibility index (Phi) is 9.10. The van der Waals surface area contributed by atoms with E-state index in [1.165, 1.54) is 6.26 Å². The average Bonchev–Trinajstić information content (AvgIpc) is 2.90. The Balaban J connectivity index is 1.28. The Morgan fingerprint density at radius 3 is 2.59 bits per heavy atom. The van der Waals surface area contributed by atoms with E-state index in [1.54, 1.807) is 6.33 Å². The summed E-state index contributed by atoms with van der Waals surface area (Å²) in [6.45, 7) is 3.36. The van der Waals surface area contributed by atoms with Crippen molar-refractivity contribution in [2.45, 2.75) is 13.0 Å². The average molecular weight is 523 g/mol. The molecule has 37 heavy (non-hydrogen) atoms. The van der Waals surface area contributed by atoms with Gasteiger partial charge in [-0.15, -0.1) is 0 Å². The van der Waals surface area contributed by atoms with Gasteiger partial charge in [-0.2, -0.15) is 0 Å². The molecule has 9 nitrogen and oxygen atoms in total. The molecule has 0 unspecified atom stereocenters. The second-order valence-corrected chi connectivity index (χ2v) is 11.4. The highest BCUT2D eigenvalue weighted by molar-refractivity contribution is 7.90. The molecule has 1 aromatic heterocycles. The van der Waals surface area contributed by atoms with E-state index in [-0.39, 0.29) is 5.75 Å². The third-order valence-corrected chi connectivity index (χ3v) is 6.85. The molecule has 196 valence electrons. The van der Waals surface area contributed by atoms with Crippen molar-refractivity contribution in [3.8, 4) is 5.75 Å². The Bertz CT molecular complexity index is 1380. The van der Waals surface area contributed by atoms with Gasteiger partial charge < -0.3 is 20.0 Å². The van der Waals surface area contributed by atoms with Crippen molar-refractivity contribution in [1.82, 2.24) is 25.3 Å². The number of ether oxygens (including phenoxy) is 1. The molecular weight excluding hydrogens is 488 g/mol. The van der Waals surface area contributed by atoms with E-state index in [2.05, 4.69) is 26.8 Å². The monoisotopic (exact) mass is 522 g/mol. The van der Waals surface area contributed by atoms with Gasteiger partial charge >= 0.3 is 0 Å². The maximum Gasteiger partial charge on any atom is 0.148 e. The molecule has 4 rings (SSSR count). The molecule has 0 aliphatic carbocycles. The normalized spacial score (nSPS) is 13.0. The van der Waals surface area contributed by atoms with Gasteiger partial charge in [-0.05, 0) is 49.8 Å². The van der Waals surface area contributed by atoms with Crippen LogP contribution < -0.4 is 26.0 Å². The molecule has 0 radical (unpaired) electrons. The first-order chi connectivity index (χ1) is 17.9. The van der Waals surface area contributed by atoms with Gasteiger partial charge in [-0.25, -0.2) is 23.8 Å². The second-order valence-electron chi connectivity index (χ2n) is 9.13. The van der Waals surface area contributed by atoms with E-state index < -0.39 is 9.84 Å². The number of benzene rings is 2. The van der Waals surface area contributed by atoms with Crippen molar-refractivity contribution in [2.24, 2.45) is 0 Å². The molecule has 0 saturated heterocycles. The van der Waals surface area contributed by atoms with Crippen LogP contribution in [0.5, 0.6) is 5.75 Å². The lowest BCUT2D eigenvalue weighted by Crippen LogP contribution is -2.45. The molecule has 1 aliphatic rings. The summed E-state index contributed by atoms with van der Waals surface area (Å²) in [5.74, 6) is 1.75. The minimum Gasteiger partial charge on any atom is -0.489 e. The van der Waals surface area contributed by atoms with E-state index in [0.29, 0.717) is 19.7 Å². The van der Waals surface area contributed by atoms with Crippen LogP contribution >= 0.6 is 0 Å². The fourth-order valence-electron chi connectivity index (χ4n) is 3.83. The number of hydrazine groups is 1. The molecule has 1 aliphatic heterocycles. The number of nitrogens with zero attached hydrogens (tertiary/aromatic N) is 4. The first-order valence-corrected chi connectivity index (χ1v) is 14.3. The predicted octanol–water partition coefficient (Wildman–Crippen LogP) is 1.50. The smallest absolute Gasteiger partial charge is 0.148 e. The van der Waals surface area contributed by atoms with Gasteiger partial charge in [0.25, 0.3) is 0 Å². The third-order valence-electron chi connectivity index (χ3n) is 5.93. The van der Waals surface area contributed by atoms with Gasteiger partial charge in [-0.1, -0.05) is 36.4 Å². The number of nitrogens with one attached hydrogen (secondary N) is 2. The van der Waals surface area contributed by atoms with Crippen molar-refractivity contribution < 1.29 is 13.2 Å². The molecule has 0 fully saturated rings. The van der Waals surface area contributed by atoms with Crippen molar-refractivity contribution in [3.63, 3.8) is 0 Å². The van der Waals surface area contributed by atoms with Crippen LogP contribution in [-0.4, -0.2) is 73.5 Å². The molecule has 0 saturated carbocycles. The molecule has 2 N–H and O–H groups in total. The van der Waals surface area contributed by atoms with E-state index >= 15 is 0 Å². The SMILES string of the molecule is CN(CCCNN1C=c2ncnc(Nc3ccc(OCc4ccccc4)cc3)c2=CC1)CCS(C)(=O)=O. The quantitative estimate of drug-likeness (QED) is 0.324. The number of hydrogen-bond acceptors (Lipinski definition) is 9. The van der Waals surface area contributed by atoms with Crippen LogP contribution in [0.4, 0.5) is 11.5 Å². The van der Waals surface area contributed by atoms with Crippen LogP contribution in [-0.2, 0) is 16.4 Å². The highest BCUT2D eigenvalue weighted by atomic mass is 32.2. The number of aromatic nitrogens is 2. The van der Waals surface area contributed by atoms with Gasteiger partial charge in [-0.3, -0.25) is 0 Å². The van der Waals surface area contributed by atoms with Gasteiger partial charge in [0.05, 0.1) is 17.6 Å². The minimum absolute atomic E-state index is 0.185. The summed E-state index contributed by atoms with van der Waals surface area (Å²) < 4.78 is 28.5. The zero-order chi connectivity index (χ0) is 26.1. The molecule has 2 heterocycles. The zero-order valence-electron chi connectivity index (χ0n) is 21.3. The van der Waals surface area contributed by atoms with Crippen LogP contribution in [0.1, 0.15) is 12.0 Å². The van der Waals surface area contributed by atoms with Crippen LogP contribution in [0.25, 0.3) is 12.3 Å². The molecule has 3 aromatic rings. The highest BCUT2D eigenvalue weighted by Gasteiger charge is 2.09. The molecule has 0 atom stereocenters. The molecular formula is C27H34N6O3S.